The molecule has 1 aliphatic heterocycles. The van der Waals surface area contributed by atoms with E-state index < -0.39 is 6.23 Å². The van der Waals surface area contributed by atoms with Crippen molar-refractivity contribution < 1.29 is 10.2 Å². The number of nitrogens with one attached hydrogen (secondary N) is 1. The first-order chi connectivity index (χ1) is 4.20. The molecule has 0 spiro atoms. The van der Waals surface area contributed by atoms with Crippen molar-refractivity contribution in [1.82, 2.24) is 5.32 Å². The van der Waals surface area contributed by atoms with Gasteiger partial charge in [-0.25, -0.2) is 0 Å². The highest BCUT2D eigenvalue weighted by molar-refractivity contribution is 4.80. The summed E-state index contributed by atoms with van der Waals surface area (Å²) >= 11 is 0. The summed E-state index contributed by atoms with van der Waals surface area (Å²) in [6.07, 6.45) is 0.890. The lowest BCUT2D eigenvalue weighted by atomic mass is 10.1. The van der Waals surface area contributed by atoms with E-state index in [0.717, 1.165) is 12.8 Å². The van der Waals surface area contributed by atoms with Crippen molar-refractivity contribution in [2.24, 2.45) is 0 Å². The fraction of sp³-hybridized carbons (Fsp3) is 1.00. The molecular formula is C6H13NO2. The fourth-order valence-corrected chi connectivity index (χ4v) is 1.13. The molecular weight excluding hydrogens is 118 g/mol. The molecule has 3 heteroatoms. The van der Waals surface area contributed by atoms with Gasteiger partial charge in [-0.3, -0.25) is 5.32 Å². The molecule has 54 valence electrons. The molecule has 1 saturated heterocycles. The molecule has 0 amide bonds. The number of aliphatic hydroxyl groups excluding tert-OH is 2. The first-order valence-electron chi connectivity index (χ1n) is 3.32. The third-order valence-electron chi connectivity index (χ3n) is 1.74. The van der Waals surface area contributed by atoms with Gasteiger partial charge in [-0.05, 0) is 19.8 Å². The van der Waals surface area contributed by atoms with Gasteiger partial charge < -0.3 is 10.2 Å². The van der Waals surface area contributed by atoms with Gasteiger partial charge >= 0.3 is 0 Å². The summed E-state index contributed by atoms with van der Waals surface area (Å²) in [5.41, 5.74) is 0. The van der Waals surface area contributed by atoms with Crippen LogP contribution in [0.4, 0.5) is 0 Å². The standard InChI is InChI=1S/C6H13NO2/c1-4(8)5-2-3-6(9)7-5/h4-9H,2-3H2,1H3. The van der Waals surface area contributed by atoms with Crippen LogP contribution in [-0.2, 0) is 0 Å². The summed E-state index contributed by atoms with van der Waals surface area (Å²) in [4.78, 5) is 0. The third kappa shape index (κ3) is 1.64. The van der Waals surface area contributed by atoms with E-state index in [1.54, 1.807) is 6.92 Å². The molecule has 3 N–H and O–H groups in total. The molecule has 3 unspecified atom stereocenters. The second-order valence-electron chi connectivity index (χ2n) is 2.61. The first-order valence-corrected chi connectivity index (χ1v) is 3.32. The second-order valence-corrected chi connectivity index (χ2v) is 2.61. The Labute approximate surface area is 54.7 Å². The molecule has 0 aromatic heterocycles. The molecule has 0 radical (unpaired) electrons. The van der Waals surface area contributed by atoms with E-state index in [0.29, 0.717) is 0 Å². The van der Waals surface area contributed by atoms with Crippen LogP contribution in [0.5, 0.6) is 0 Å². The van der Waals surface area contributed by atoms with Gasteiger partial charge in [0.1, 0.15) is 6.23 Å². The van der Waals surface area contributed by atoms with Gasteiger partial charge in [-0.15, -0.1) is 0 Å². The Balaban J connectivity index is 2.30. The highest BCUT2D eigenvalue weighted by Gasteiger charge is 2.24. The van der Waals surface area contributed by atoms with E-state index in [1.165, 1.54) is 0 Å². The topological polar surface area (TPSA) is 52.5 Å². The number of hydrogen-bond donors (Lipinski definition) is 3. The van der Waals surface area contributed by atoms with Crippen molar-refractivity contribution in [1.29, 1.82) is 0 Å². The largest absolute Gasteiger partial charge is 0.392 e. The van der Waals surface area contributed by atoms with E-state index in [2.05, 4.69) is 5.32 Å². The minimum Gasteiger partial charge on any atom is -0.392 e. The molecule has 0 saturated carbocycles. The van der Waals surface area contributed by atoms with E-state index in [4.69, 9.17) is 10.2 Å². The maximum Gasteiger partial charge on any atom is 0.105 e. The van der Waals surface area contributed by atoms with E-state index >= 15 is 0 Å². The van der Waals surface area contributed by atoms with E-state index in [1.807, 2.05) is 0 Å². The fourth-order valence-electron chi connectivity index (χ4n) is 1.13. The Morgan fingerprint density at radius 1 is 1.56 bits per heavy atom. The average Bonchev–Trinajstić information content (AvgIpc) is 2.14. The molecule has 0 bridgehead atoms. The summed E-state index contributed by atoms with van der Waals surface area (Å²) in [7, 11) is 0. The van der Waals surface area contributed by atoms with E-state index in [9.17, 15) is 0 Å². The summed E-state index contributed by atoms with van der Waals surface area (Å²) < 4.78 is 0. The monoisotopic (exact) mass is 131 g/mol. The average molecular weight is 131 g/mol. The van der Waals surface area contributed by atoms with Crippen molar-refractivity contribution in [3.8, 4) is 0 Å². The van der Waals surface area contributed by atoms with Crippen LogP contribution in [-0.4, -0.2) is 28.6 Å². The van der Waals surface area contributed by atoms with Crippen LogP contribution in [0.1, 0.15) is 19.8 Å². The van der Waals surface area contributed by atoms with Crippen molar-refractivity contribution in [2.45, 2.75) is 38.1 Å². The molecule has 1 aliphatic rings. The maximum atomic E-state index is 9.00. The Kier molecular flexibility index (Phi) is 2.05. The molecule has 1 heterocycles. The Bertz CT molecular complexity index is 95.1. The normalized spacial score (nSPS) is 39.0. The second kappa shape index (κ2) is 2.64. The molecule has 3 atom stereocenters. The third-order valence-corrected chi connectivity index (χ3v) is 1.74. The van der Waals surface area contributed by atoms with Crippen LogP contribution in [0, 0.1) is 0 Å². The molecule has 0 aliphatic carbocycles. The molecule has 0 aromatic carbocycles. The SMILES string of the molecule is CC(O)C1CCC(O)N1. The zero-order valence-electron chi connectivity index (χ0n) is 5.54. The maximum absolute atomic E-state index is 9.00. The minimum absolute atomic E-state index is 0.0972. The van der Waals surface area contributed by atoms with Gasteiger partial charge in [0.2, 0.25) is 0 Å². The molecule has 1 rings (SSSR count). The van der Waals surface area contributed by atoms with Crippen LogP contribution in [0.3, 0.4) is 0 Å². The van der Waals surface area contributed by atoms with Crippen molar-refractivity contribution in [3.63, 3.8) is 0 Å². The Morgan fingerprint density at radius 2 is 2.22 bits per heavy atom. The molecule has 0 aromatic rings. The molecule has 1 fully saturated rings. The first kappa shape index (κ1) is 6.99. The number of aliphatic hydroxyl groups is 2. The van der Waals surface area contributed by atoms with Gasteiger partial charge in [0.15, 0.2) is 0 Å². The van der Waals surface area contributed by atoms with E-state index in [-0.39, 0.29) is 12.1 Å². The van der Waals surface area contributed by atoms with Crippen molar-refractivity contribution >= 4 is 0 Å². The van der Waals surface area contributed by atoms with Crippen LogP contribution in [0.2, 0.25) is 0 Å². The van der Waals surface area contributed by atoms with Gasteiger partial charge in [0, 0.05) is 6.04 Å². The smallest absolute Gasteiger partial charge is 0.105 e. The summed E-state index contributed by atoms with van der Waals surface area (Å²) in [5.74, 6) is 0. The van der Waals surface area contributed by atoms with Gasteiger partial charge in [0.05, 0.1) is 6.10 Å². The predicted molar refractivity (Wildman–Crippen MR) is 33.8 cm³/mol. The Hall–Kier alpha value is -0.120. The van der Waals surface area contributed by atoms with Gasteiger partial charge in [0.25, 0.3) is 0 Å². The Morgan fingerprint density at radius 3 is 2.44 bits per heavy atom. The molecule has 3 nitrogen and oxygen atoms in total. The minimum atomic E-state index is -0.399. The number of hydrogen-bond acceptors (Lipinski definition) is 3. The zero-order valence-corrected chi connectivity index (χ0v) is 5.54. The summed E-state index contributed by atoms with van der Waals surface area (Å²) in [6.45, 7) is 1.73. The lowest BCUT2D eigenvalue weighted by Gasteiger charge is -2.13. The van der Waals surface area contributed by atoms with Gasteiger partial charge in [-0.2, -0.15) is 0 Å². The predicted octanol–water partition coefficient (Wildman–Crippen LogP) is -0.562. The van der Waals surface area contributed by atoms with Gasteiger partial charge in [-0.1, -0.05) is 0 Å². The van der Waals surface area contributed by atoms with Crippen LogP contribution < -0.4 is 5.32 Å². The summed E-state index contributed by atoms with van der Waals surface area (Å²) in [6, 6.07) is 0.0972. The lowest BCUT2D eigenvalue weighted by molar-refractivity contribution is 0.115. The van der Waals surface area contributed by atoms with Crippen LogP contribution in [0.15, 0.2) is 0 Å². The summed E-state index contributed by atoms with van der Waals surface area (Å²) in [5, 5.41) is 20.8. The lowest BCUT2D eigenvalue weighted by Crippen LogP contribution is -2.36. The quantitative estimate of drug-likeness (QED) is 0.447. The molecule has 9 heavy (non-hydrogen) atoms. The van der Waals surface area contributed by atoms with Crippen molar-refractivity contribution in [2.75, 3.05) is 0 Å². The number of rotatable bonds is 1. The van der Waals surface area contributed by atoms with Crippen molar-refractivity contribution in [3.05, 3.63) is 0 Å². The van der Waals surface area contributed by atoms with Crippen LogP contribution >= 0.6 is 0 Å². The zero-order chi connectivity index (χ0) is 6.85. The highest BCUT2D eigenvalue weighted by atomic mass is 16.3. The highest BCUT2D eigenvalue weighted by Crippen LogP contribution is 2.12. The van der Waals surface area contributed by atoms with Crippen LogP contribution in [0.25, 0.3) is 0 Å².